The second-order valence-electron chi connectivity index (χ2n) is 4.91. The molecule has 2 aromatic heterocycles. The Morgan fingerprint density at radius 1 is 1.24 bits per heavy atom. The summed E-state index contributed by atoms with van der Waals surface area (Å²) >= 11 is 0. The number of hydrogen-bond acceptors (Lipinski definition) is 6. The van der Waals surface area contributed by atoms with Gasteiger partial charge in [0.25, 0.3) is 0 Å². The van der Waals surface area contributed by atoms with Crippen molar-refractivity contribution in [2.45, 2.75) is 27.3 Å². The number of aryl methyl sites for hydroxylation is 3. The Kier molecular flexibility index (Phi) is 3.39. The first kappa shape index (κ1) is 13.3. The van der Waals surface area contributed by atoms with Gasteiger partial charge in [0.1, 0.15) is 12.1 Å². The summed E-state index contributed by atoms with van der Waals surface area (Å²) in [5, 5.41) is 18.6. The van der Waals surface area contributed by atoms with Crippen LogP contribution in [0.25, 0.3) is 5.69 Å². The molecule has 0 radical (unpaired) electrons. The summed E-state index contributed by atoms with van der Waals surface area (Å²) < 4.78 is 6.81. The van der Waals surface area contributed by atoms with Gasteiger partial charge in [0, 0.05) is 17.8 Å². The Morgan fingerprint density at radius 3 is 2.76 bits per heavy atom. The van der Waals surface area contributed by atoms with Gasteiger partial charge in [0.05, 0.1) is 11.4 Å². The zero-order valence-electron chi connectivity index (χ0n) is 12.2. The Bertz CT molecular complexity index is 727. The van der Waals surface area contributed by atoms with Crippen LogP contribution >= 0.6 is 0 Å². The number of anilines is 1. The molecule has 3 rings (SSSR count). The molecule has 0 atom stereocenters. The van der Waals surface area contributed by atoms with Crippen LogP contribution < -0.4 is 5.32 Å². The molecule has 0 aliphatic heterocycles. The van der Waals surface area contributed by atoms with E-state index < -0.39 is 0 Å². The monoisotopic (exact) mass is 284 g/mol. The molecule has 0 amide bonds. The van der Waals surface area contributed by atoms with Gasteiger partial charge in [-0.3, -0.25) is 0 Å². The normalized spacial score (nSPS) is 10.8. The van der Waals surface area contributed by atoms with Gasteiger partial charge in [0.2, 0.25) is 0 Å². The van der Waals surface area contributed by atoms with Crippen LogP contribution in [-0.4, -0.2) is 25.4 Å². The number of nitrogens with one attached hydrogen (secondary N) is 1. The molecule has 1 aromatic carbocycles. The smallest absolute Gasteiger partial charge is 0.143 e. The summed E-state index contributed by atoms with van der Waals surface area (Å²) in [5.74, 6) is 0.841. The highest BCUT2D eigenvalue weighted by atomic mass is 16.5. The lowest BCUT2D eigenvalue weighted by atomic mass is 10.1. The minimum atomic E-state index is 0.666. The maximum atomic E-state index is 5.16. The molecule has 0 aliphatic carbocycles. The molecule has 1 N–H and O–H groups in total. The van der Waals surface area contributed by atoms with E-state index in [0.717, 1.165) is 34.0 Å². The Hall–Kier alpha value is -2.70. The van der Waals surface area contributed by atoms with Gasteiger partial charge >= 0.3 is 0 Å². The van der Waals surface area contributed by atoms with Crippen molar-refractivity contribution in [1.29, 1.82) is 0 Å². The molecular weight excluding hydrogens is 268 g/mol. The molecule has 0 unspecified atom stereocenters. The molecule has 2 heterocycles. The van der Waals surface area contributed by atoms with Crippen molar-refractivity contribution in [3.8, 4) is 5.69 Å². The molecule has 3 aromatic rings. The zero-order chi connectivity index (χ0) is 14.8. The van der Waals surface area contributed by atoms with E-state index >= 15 is 0 Å². The summed E-state index contributed by atoms with van der Waals surface area (Å²) in [5.41, 5.74) is 5.03. The van der Waals surface area contributed by atoms with Gasteiger partial charge in [-0.15, -0.1) is 5.10 Å². The first-order valence-corrected chi connectivity index (χ1v) is 6.65. The predicted octanol–water partition coefficient (Wildman–Crippen LogP) is 2.19. The lowest BCUT2D eigenvalue weighted by Gasteiger charge is -2.10. The van der Waals surface area contributed by atoms with Crippen LogP contribution in [0.15, 0.2) is 29.0 Å². The maximum Gasteiger partial charge on any atom is 0.143 e. The van der Waals surface area contributed by atoms with E-state index in [1.807, 2.05) is 39.0 Å². The van der Waals surface area contributed by atoms with Crippen molar-refractivity contribution in [3.05, 3.63) is 47.1 Å². The minimum absolute atomic E-state index is 0.666. The molecule has 0 aliphatic rings. The van der Waals surface area contributed by atoms with E-state index in [1.54, 1.807) is 11.0 Å². The number of tetrazole rings is 1. The summed E-state index contributed by atoms with van der Waals surface area (Å²) in [7, 11) is 0. The third-order valence-electron chi connectivity index (χ3n) is 3.46. The lowest BCUT2D eigenvalue weighted by molar-refractivity contribution is 0.392. The first-order valence-electron chi connectivity index (χ1n) is 6.65. The third kappa shape index (κ3) is 2.62. The molecule has 0 saturated carbocycles. The third-order valence-corrected chi connectivity index (χ3v) is 3.46. The summed E-state index contributed by atoms with van der Waals surface area (Å²) in [6.45, 7) is 6.54. The number of hydrogen-bond donors (Lipinski definition) is 1. The minimum Gasteiger partial charge on any atom is -0.381 e. The topological polar surface area (TPSA) is 81.7 Å². The van der Waals surface area contributed by atoms with Crippen LogP contribution in [0.2, 0.25) is 0 Å². The highest BCUT2D eigenvalue weighted by molar-refractivity contribution is 5.54. The largest absolute Gasteiger partial charge is 0.381 e. The van der Waals surface area contributed by atoms with Crippen molar-refractivity contribution >= 4 is 5.69 Å². The van der Waals surface area contributed by atoms with E-state index in [0.29, 0.717) is 6.54 Å². The van der Waals surface area contributed by atoms with E-state index in [-0.39, 0.29) is 0 Å². The molecule has 0 bridgehead atoms. The fraction of sp³-hybridized carbons (Fsp3) is 0.286. The average molecular weight is 284 g/mol. The zero-order valence-corrected chi connectivity index (χ0v) is 12.2. The molecule has 7 nitrogen and oxygen atoms in total. The maximum absolute atomic E-state index is 5.16. The Balaban J connectivity index is 1.82. The quantitative estimate of drug-likeness (QED) is 0.791. The Morgan fingerprint density at radius 2 is 2.10 bits per heavy atom. The molecular formula is C14H16N6O. The summed E-state index contributed by atoms with van der Waals surface area (Å²) in [4.78, 5) is 0. The number of rotatable bonds is 4. The second kappa shape index (κ2) is 5.35. The van der Waals surface area contributed by atoms with Gasteiger partial charge in [-0.05, 0) is 48.9 Å². The van der Waals surface area contributed by atoms with Crippen molar-refractivity contribution in [2.24, 2.45) is 0 Å². The van der Waals surface area contributed by atoms with Crippen LogP contribution in [-0.2, 0) is 6.54 Å². The molecule has 0 saturated heterocycles. The molecule has 108 valence electrons. The number of nitrogens with zero attached hydrogens (tertiary/aromatic N) is 5. The van der Waals surface area contributed by atoms with Crippen LogP contribution in [0.3, 0.4) is 0 Å². The van der Waals surface area contributed by atoms with Crippen LogP contribution in [0.5, 0.6) is 0 Å². The van der Waals surface area contributed by atoms with Gasteiger partial charge in [-0.1, -0.05) is 11.2 Å². The molecule has 7 heteroatoms. The van der Waals surface area contributed by atoms with E-state index in [4.69, 9.17) is 4.52 Å². The van der Waals surface area contributed by atoms with Gasteiger partial charge in [-0.25, -0.2) is 4.68 Å². The average Bonchev–Trinajstić information content (AvgIpc) is 3.10. The van der Waals surface area contributed by atoms with Gasteiger partial charge in [0.15, 0.2) is 0 Å². The van der Waals surface area contributed by atoms with Crippen molar-refractivity contribution in [3.63, 3.8) is 0 Å². The van der Waals surface area contributed by atoms with Gasteiger partial charge < -0.3 is 9.84 Å². The SMILES string of the molecule is Cc1ccc(NCc2c(C)noc2C)cc1-n1cnnn1. The number of benzene rings is 1. The fourth-order valence-corrected chi connectivity index (χ4v) is 2.18. The molecule has 0 fully saturated rings. The summed E-state index contributed by atoms with van der Waals surface area (Å²) in [6, 6.07) is 6.08. The van der Waals surface area contributed by atoms with Gasteiger partial charge in [-0.2, -0.15) is 0 Å². The van der Waals surface area contributed by atoms with Crippen molar-refractivity contribution in [2.75, 3.05) is 5.32 Å². The number of aromatic nitrogens is 5. The fourth-order valence-electron chi connectivity index (χ4n) is 2.18. The van der Waals surface area contributed by atoms with Crippen LogP contribution in [0.4, 0.5) is 5.69 Å². The van der Waals surface area contributed by atoms with Crippen molar-refractivity contribution in [1.82, 2.24) is 25.4 Å². The lowest BCUT2D eigenvalue weighted by Crippen LogP contribution is -2.04. The molecule has 21 heavy (non-hydrogen) atoms. The highest BCUT2D eigenvalue weighted by Crippen LogP contribution is 2.20. The van der Waals surface area contributed by atoms with Crippen LogP contribution in [0.1, 0.15) is 22.6 Å². The highest BCUT2D eigenvalue weighted by Gasteiger charge is 2.09. The molecule has 0 spiro atoms. The van der Waals surface area contributed by atoms with E-state index in [2.05, 4.69) is 26.0 Å². The standard InChI is InChI=1S/C14H16N6O/c1-9-4-5-12(6-14(9)20-8-16-18-19-20)15-7-13-10(2)17-21-11(13)3/h4-6,8,15H,7H2,1-3H3. The summed E-state index contributed by atoms with van der Waals surface area (Å²) in [6.07, 6.45) is 1.58. The van der Waals surface area contributed by atoms with Crippen molar-refractivity contribution < 1.29 is 4.52 Å². The predicted molar refractivity (Wildman–Crippen MR) is 77.2 cm³/mol. The first-order chi connectivity index (χ1) is 10.1. The Labute approximate surface area is 122 Å². The second-order valence-corrected chi connectivity index (χ2v) is 4.91. The van der Waals surface area contributed by atoms with Crippen LogP contribution in [0, 0.1) is 20.8 Å². The van der Waals surface area contributed by atoms with E-state index in [1.165, 1.54) is 0 Å². The van der Waals surface area contributed by atoms with E-state index in [9.17, 15) is 0 Å².